The second-order valence-corrected chi connectivity index (χ2v) is 4.69. The van der Waals surface area contributed by atoms with E-state index in [4.69, 9.17) is 5.26 Å². The number of thioether (sulfide) groups is 1. The molecule has 0 fully saturated rings. The number of hydrogen-bond acceptors (Lipinski definition) is 4. The lowest BCUT2D eigenvalue weighted by Crippen LogP contribution is -2.07. The van der Waals surface area contributed by atoms with Gasteiger partial charge in [-0.15, -0.1) is 0 Å². The van der Waals surface area contributed by atoms with Crippen LogP contribution in [0, 0.1) is 11.3 Å². The molecule has 0 aliphatic heterocycles. The van der Waals surface area contributed by atoms with Gasteiger partial charge in [0.05, 0.1) is 11.6 Å². The van der Waals surface area contributed by atoms with Gasteiger partial charge >= 0.3 is 0 Å². The molecule has 1 aromatic rings. The first-order chi connectivity index (χ1) is 8.19. The maximum absolute atomic E-state index is 11.4. The van der Waals surface area contributed by atoms with Crippen molar-refractivity contribution < 1.29 is 4.79 Å². The minimum Gasteiger partial charge on any atom is -0.384 e. The van der Waals surface area contributed by atoms with Crippen LogP contribution in [-0.2, 0) is 0 Å². The summed E-state index contributed by atoms with van der Waals surface area (Å²) in [5.41, 5.74) is 1.98. The average Bonchev–Trinajstić information content (AvgIpc) is 2.34. The van der Waals surface area contributed by atoms with Crippen LogP contribution in [-0.4, -0.2) is 24.3 Å². The predicted molar refractivity (Wildman–Crippen MR) is 72.7 cm³/mol. The molecular weight excluding hydrogens is 232 g/mol. The smallest absolute Gasteiger partial charge is 0.161 e. The first-order valence-corrected chi connectivity index (χ1v) is 6.86. The van der Waals surface area contributed by atoms with Crippen LogP contribution in [0.1, 0.15) is 29.3 Å². The van der Waals surface area contributed by atoms with Gasteiger partial charge in [0.1, 0.15) is 0 Å². The minimum absolute atomic E-state index is 0.0156. The molecule has 0 saturated heterocycles. The Hall–Kier alpha value is -1.47. The number of anilines is 1. The maximum Gasteiger partial charge on any atom is 0.161 e. The summed E-state index contributed by atoms with van der Waals surface area (Å²) in [4.78, 5) is 11.4. The summed E-state index contributed by atoms with van der Waals surface area (Å²) in [7, 11) is 0. The van der Waals surface area contributed by atoms with Crippen LogP contribution >= 0.6 is 11.8 Å². The number of benzene rings is 1. The molecule has 0 heterocycles. The van der Waals surface area contributed by atoms with Crippen molar-refractivity contribution in [2.45, 2.75) is 13.3 Å². The van der Waals surface area contributed by atoms with Crippen molar-refractivity contribution in [1.82, 2.24) is 0 Å². The Morgan fingerprint density at radius 2 is 2.29 bits per heavy atom. The monoisotopic (exact) mass is 248 g/mol. The SMILES string of the molecule is CSCCCNc1cc(C#N)ccc1C(C)=O. The van der Waals surface area contributed by atoms with E-state index in [1.807, 2.05) is 0 Å². The molecular formula is C13H16N2OS. The number of carbonyl (C=O) groups excluding carboxylic acids is 1. The number of nitriles is 1. The van der Waals surface area contributed by atoms with Gasteiger partial charge in [-0.05, 0) is 43.6 Å². The van der Waals surface area contributed by atoms with Crippen LogP contribution in [0.25, 0.3) is 0 Å². The Kier molecular flexibility index (Phi) is 5.58. The molecule has 1 aromatic carbocycles. The van der Waals surface area contributed by atoms with E-state index in [-0.39, 0.29) is 5.78 Å². The molecule has 17 heavy (non-hydrogen) atoms. The van der Waals surface area contributed by atoms with Crippen molar-refractivity contribution in [1.29, 1.82) is 5.26 Å². The fourth-order valence-corrected chi connectivity index (χ4v) is 1.94. The number of nitrogens with one attached hydrogen (secondary N) is 1. The van der Waals surface area contributed by atoms with Crippen molar-refractivity contribution in [3.8, 4) is 6.07 Å². The molecule has 3 nitrogen and oxygen atoms in total. The molecule has 0 aliphatic carbocycles. The zero-order chi connectivity index (χ0) is 12.7. The molecule has 0 saturated carbocycles. The van der Waals surface area contributed by atoms with Crippen LogP contribution in [0.3, 0.4) is 0 Å². The summed E-state index contributed by atoms with van der Waals surface area (Å²) in [5, 5.41) is 12.1. The maximum atomic E-state index is 11.4. The van der Waals surface area contributed by atoms with Crippen molar-refractivity contribution in [3.05, 3.63) is 29.3 Å². The summed E-state index contributed by atoms with van der Waals surface area (Å²) in [5.74, 6) is 1.10. The summed E-state index contributed by atoms with van der Waals surface area (Å²) < 4.78 is 0. The highest BCUT2D eigenvalue weighted by atomic mass is 32.2. The molecule has 0 aromatic heterocycles. The molecule has 4 heteroatoms. The summed E-state index contributed by atoms with van der Waals surface area (Å²) >= 11 is 1.80. The first kappa shape index (κ1) is 13.6. The number of hydrogen-bond donors (Lipinski definition) is 1. The van der Waals surface area contributed by atoms with Crippen LogP contribution < -0.4 is 5.32 Å². The van der Waals surface area contributed by atoms with Gasteiger partial charge in [0.2, 0.25) is 0 Å². The molecule has 1 N–H and O–H groups in total. The molecule has 0 unspecified atom stereocenters. The number of Topliss-reactive ketones (excluding diaryl/α,β-unsaturated/α-hetero) is 1. The highest BCUT2D eigenvalue weighted by molar-refractivity contribution is 7.98. The average molecular weight is 248 g/mol. The predicted octanol–water partition coefficient (Wildman–Crippen LogP) is 2.93. The van der Waals surface area contributed by atoms with Crippen molar-refractivity contribution in [2.24, 2.45) is 0 Å². The Balaban J connectivity index is 2.79. The van der Waals surface area contributed by atoms with E-state index in [9.17, 15) is 4.79 Å². The normalized spacial score (nSPS) is 9.71. The van der Waals surface area contributed by atoms with Gasteiger partial charge in [0.15, 0.2) is 5.78 Å². The molecule has 0 bridgehead atoms. The van der Waals surface area contributed by atoms with Gasteiger partial charge in [-0.3, -0.25) is 4.79 Å². The fourth-order valence-electron chi connectivity index (χ4n) is 1.51. The van der Waals surface area contributed by atoms with Gasteiger partial charge in [0, 0.05) is 17.8 Å². The zero-order valence-corrected chi connectivity index (χ0v) is 10.9. The molecule has 0 radical (unpaired) electrons. The first-order valence-electron chi connectivity index (χ1n) is 5.47. The molecule has 1 rings (SSSR count). The van der Waals surface area contributed by atoms with Gasteiger partial charge in [-0.25, -0.2) is 0 Å². The van der Waals surface area contributed by atoms with Crippen LogP contribution in [0.5, 0.6) is 0 Å². The van der Waals surface area contributed by atoms with Crippen molar-refractivity contribution in [3.63, 3.8) is 0 Å². The van der Waals surface area contributed by atoms with Gasteiger partial charge < -0.3 is 5.32 Å². The fraction of sp³-hybridized carbons (Fsp3) is 0.385. The van der Waals surface area contributed by atoms with Crippen LogP contribution in [0.2, 0.25) is 0 Å². The van der Waals surface area contributed by atoms with Crippen LogP contribution in [0.15, 0.2) is 18.2 Å². The molecule has 0 amide bonds. The summed E-state index contributed by atoms with van der Waals surface area (Å²) in [6, 6.07) is 7.19. The van der Waals surface area contributed by atoms with E-state index >= 15 is 0 Å². The standard InChI is InChI=1S/C13H16N2OS/c1-10(16)12-5-4-11(9-14)8-13(12)15-6-3-7-17-2/h4-5,8,15H,3,6-7H2,1-2H3. The lowest BCUT2D eigenvalue weighted by atomic mass is 10.1. The quantitative estimate of drug-likeness (QED) is 0.621. The number of ketones is 1. The Morgan fingerprint density at radius 3 is 2.88 bits per heavy atom. The number of rotatable bonds is 6. The van der Waals surface area contributed by atoms with E-state index in [1.54, 1.807) is 30.0 Å². The highest BCUT2D eigenvalue weighted by Crippen LogP contribution is 2.18. The van der Waals surface area contributed by atoms with Gasteiger partial charge in [-0.1, -0.05) is 0 Å². The highest BCUT2D eigenvalue weighted by Gasteiger charge is 2.07. The second-order valence-electron chi connectivity index (χ2n) is 3.70. The Bertz CT molecular complexity index is 438. The zero-order valence-electron chi connectivity index (χ0n) is 10.1. The van der Waals surface area contributed by atoms with Crippen molar-refractivity contribution in [2.75, 3.05) is 23.9 Å². The third-order valence-corrected chi connectivity index (χ3v) is 3.07. The summed E-state index contributed by atoms with van der Waals surface area (Å²) in [6.07, 6.45) is 3.10. The van der Waals surface area contributed by atoms with E-state index in [0.29, 0.717) is 11.1 Å². The van der Waals surface area contributed by atoms with Crippen LogP contribution in [0.4, 0.5) is 5.69 Å². The Morgan fingerprint density at radius 1 is 1.53 bits per heavy atom. The van der Waals surface area contributed by atoms with Crippen molar-refractivity contribution >= 4 is 23.2 Å². The summed E-state index contributed by atoms with van der Waals surface area (Å²) in [6.45, 7) is 2.35. The number of nitrogens with zero attached hydrogens (tertiary/aromatic N) is 1. The van der Waals surface area contributed by atoms with E-state index in [1.165, 1.54) is 6.92 Å². The van der Waals surface area contributed by atoms with Gasteiger partial charge in [0.25, 0.3) is 0 Å². The van der Waals surface area contributed by atoms with E-state index in [0.717, 1.165) is 24.4 Å². The number of carbonyl (C=O) groups is 1. The molecule has 0 aliphatic rings. The minimum atomic E-state index is 0.0156. The third kappa shape index (κ3) is 4.12. The largest absolute Gasteiger partial charge is 0.384 e. The third-order valence-electron chi connectivity index (χ3n) is 2.37. The molecule has 0 atom stereocenters. The van der Waals surface area contributed by atoms with E-state index < -0.39 is 0 Å². The Labute approximate surface area is 106 Å². The van der Waals surface area contributed by atoms with E-state index in [2.05, 4.69) is 17.6 Å². The lowest BCUT2D eigenvalue weighted by molar-refractivity contribution is 0.101. The lowest BCUT2D eigenvalue weighted by Gasteiger charge is -2.10. The van der Waals surface area contributed by atoms with Gasteiger partial charge in [-0.2, -0.15) is 17.0 Å². The second kappa shape index (κ2) is 6.97. The molecule has 0 spiro atoms. The molecule has 90 valence electrons. The topological polar surface area (TPSA) is 52.9 Å².